The fourth-order valence-electron chi connectivity index (χ4n) is 1.18. The molecular formula is C6H8Cl2O2S. The third-order valence-corrected chi connectivity index (χ3v) is 6.82. The molecule has 0 aromatic heterocycles. The van der Waals surface area contributed by atoms with Gasteiger partial charge in [-0.15, -0.1) is 0 Å². The number of halogens is 2. The van der Waals surface area contributed by atoms with E-state index in [9.17, 15) is 9.59 Å². The Hall–Kier alpha value is 0.270. The van der Waals surface area contributed by atoms with Gasteiger partial charge in [0.05, 0.1) is 0 Å². The molecule has 1 fully saturated rings. The molecule has 0 unspecified atom stereocenters. The van der Waals surface area contributed by atoms with Crippen LogP contribution in [-0.2, 0) is 0 Å². The van der Waals surface area contributed by atoms with Gasteiger partial charge in [-0.25, -0.2) is 0 Å². The van der Waals surface area contributed by atoms with Crippen LogP contribution in [0.3, 0.4) is 0 Å². The molecule has 0 radical (unpaired) electrons. The van der Waals surface area contributed by atoms with E-state index in [-0.39, 0.29) is 0 Å². The first-order valence-corrected chi connectivity index (χ1v) is 6.00. The first-order chi connectivity index (χ1) is 5.09. The minimum atomic E-state index is -1.94. The fourth-order valence-corrected chi connectivity index (χ4v) is 5.01. The average molecular weight is 215 g/mol. The van der Waals surface area contributed by atoms with Crippen LogP contribution in [0.2, 0.25) is 0 Å². The highest BCUT2D eigenvalue weighted by Crippen LogP contribution is 2.58. The van der Waals surface area contributed by atoms with E-state index in [1.807, 2.05) is 0 Å². The fraction of sp³-hybridized carbons (Fsp3) is 0.667. The molecule has 0 aliphatic carbocycles. The molecule has 0 atom stereocenters. The third kappa shape index (κ3) is 1.55. The second-order valence-electron chi connectivity index (χ2n) is 2.47. The minimum Gasteiger partial charge on any atom is -0.270 e. The van der Waals surface area contributed by atoms with Crippen molar-refractivity contribution in [3.05, 3.63) is 0 Å². The summed E-state index contributed by atoms with van der Waals surface area (Å²) in [5.41, 5.74) is 0. The van der Waals surface area contributed by atoms with Gasteiger partial charge in [-0.3, -0.25) is 9.59 Å². The summed E-state index contributed by atoms with van der Waals surface area (Å²) in [4.78, 5) is 21.8. The summed E-state index contributed by atoms with van der Waals surface area (Å²) < 4.78 is -1.04. The van der Waals surface area contributed by atoms with Gasteiger partial charge in [-0.1, -0.05) is 10.0 Å². The SMILES string of the molecule is O=C(Cl)S1(C(=O)Cl)CCCC1. The highest BCUT2D eigenvalue weighted by atomic mass is 35.5. The summed E-state index contributed by atoms with van der Waals surface area (Å²) in [5.74, 6) is 1.19. The van der Waals surface area contributed by atoms with Crippen molar-refractivity contribution in [1.82, 2.24) is 0 Å². The molecular weight excluding hydrogens is 207 g/mol. The smallest absolute Gasteiger partial charge is 0.269 e. The van der Waals surface area contributed by atoms with Gasteiger partial charge in [0.2, 0.25) is 0 Å². The predicted molar refractivity (Wildman–Crippen MR) is 49.1 cm³/mol. The van der Waals surface area contributed by atoms with Gasteiger partial charge in [-0.2, -0.15) is 0 Å². The van der Waals surface area contributed by atoms with E-state index in [1.54, 1.807) is 0 Å². The summed E-state index contributed by atoms with van der Waals surface area (Å²) in [6.45, 7) is 0. The van der Waals surface area contributed by atoms with Crippen molar-refractivity contribution >= 4 is 42.4 Å². The molecule has 5 heteroatoms. The van der Waals surface area contributed by atoms with E-state index in [2.05, 4.69) is 0 Å². The van der Waals surface area contributed by atoms with Crippen LogP contribution in [0, 0.1) is 0 Å². The van der Waals surface area contributed by atoms with E-state index < -0.39 is 19.2 Å². The van der Waals surface area contributed by atoms with Crippen molar-refractivity contribution in [2.24, 2.45) is 0 Å². The van der Waals surface area contributed by atoms with Crippen molar-refractivity contribution in [2.75, 3.05) is 11.5 Å². The van der Waals surface area contributed by atoms with Crippen LogP contribution >= 0.6 is 33.2 Å². The van der Waals surface area contributed by atoms with Gasteiger partial charge in [0.25, 0.3) is 9.15 Å². The molecule has 1 heterocycles. The van der Waals surface area contributed by atoms with E-state index in [0.717, 1.165) is 12.8 Å². The maximum absolute atomic E-state index is 10.9. The van der Waals surface area contributed by atoms with E-state index in [1.165, 1.54) is 0 Å². The predicted octanol–water partition coefficient (Wildman–Crippen LogP) is 3.30. The summed E-state index contributed by atoms with van der Waals surface area (Å²) >= 11 is 10.7. The van der Waals surface area contributed by atoms with Crippen molar-refractivity contribution in [3.8, 4) is 0 Å². The highest BCUT2D eigenvalue weighted by molar-refractivity contribution is 8.58. The Morgan fingerprint density at radius 1 is 1.00 bits per heavy atom. The number of carbonyl (C=O) groups excluding carboxylic acids is 2. The number of hydrogen-bond acceptors (Lipinski definition) is 2. The Morgan fingerprint density at radius 3 is 1.55 bits per heavy atom. The van der Waals surface area contributed by atoms with Crippen LogP contribution < -0.4 is 0 Å². The zero-order chi connectivity index (χ0) is 8.48. The molecule has 1 saturated heterocycles. The quantitative estimate of drug-likeness (QED) is 0.581. The van der Waals surface area contributed by atoms with Gasteiger partial charge >= 0.3 is 0 Å². The monoisotopic (exact) mass is 214 g/mol. The topological polar surface area (TPSA) is 34.1 Å². The Bertz CT molecular complexity index is 183. The van der Waals surface area contributed by atoms with Crippen molar-refractivity contribution < 1.29 is 9.59 Å². The van der Waals surface area contributed by atoms with Gasteiger partial charge in [0.15, 0.2) is 0 Å². The van der Waals surface area contributed by atoms with Crippen LogP contribution in [0.5, 0.6) is 0 Å². The molecule has 1 rings (SSSR count). The molecule has 0 aromatic carbocycles. The van der Waals surface area contributed by atoms with Gasteiger partial charge in [0.1, 0.15) is 0 Å². The zero-order valence-electron chi connectivity index (χ0n) is 5.81. The third-order valence-electron chi connectivity index (χ3n) is 1.85. The van der Waals surface area contributed by atoms with E-state index >= 15 is 0 Å². The lowest BCUT2D eigenvalue weighted by Crippen LogP contribution is -2.12. The maximum Gasteiger partial charge on any atom is 0.269 e. The molecule has 11 heavy (non-hydrogen) atoms. The highest BCUT2D eigenvalue weighted by Gasteiger charge is 2.40. The summed E-state index contributed by atoms with van der Waals surface area (Å²) in [6, 6.07) is 0. The van der Waals surface area contributed by atoms with E-state index in [4.69, 9.17) is 23.2 Å². The molecule has 0 bridgehead atoms. The van der Waals surface area contributed by atoms with Crippen LogP contribution in [-0.4, -0.2) is 20.7 Å². The second-order valence-corrected chi connectivity index (χ2v) is 6.93. The van der Waals surface area contributed by atoms with Gasteiger partial charge in [-0.05, 0) is 47.5 Å². The Labute approximate surface area is 76.5 Å². The lowest BCUT2D eigenvalue weighted by molar-refractivity contribution is 0.272. The first kappa shape index (κ1) is 9.36. The molecule has 0 amide bonds. The molecule has 0 aromatic rings. The van der Waals surface area contributed by atoms with Crippen LogP contribution in [0.4, 0.5) is 9.59 Å². The minimum absolute atomic E-state index is 0.519. The molecule has 64 valence electrons. The first-order valence-electron chi connectivity index (χ1n) is 3.27. The Balaban J connectivity index is 2.87. The molecule has 1 aliphatic heterocycles. The Kier molecular flexibility index (Phi) is 2.84. The van der Waals surface area contributed by atoms with Crippen molar-refractivity contribution in [2.45, 2.75) is 12.8 Å². The molecule has 0 saturated carbocycles. The lowest BCUT2D eigenvalue weighted by Gasteiger charge is -2.24. The maximum atomic E-state index is 10.9. The zero-order valence-corrected chi connectivity index (χ0v) is 8.14. The molecule has 1 aliphatic rings. The van der Waals surface area contributed by atoms with Crippen LogP contribution in [0.1, 0.15) is 12.8 Å². The van der Waals surface area contributed by atoms with Crippen molar-refractivity contribution in [3.63, 3.8) is 0 Å². The standard InChI is InChI=1S/C6H8Cl2O2S/c7-5(9)11(6(8)10)3-1-2-4-11/h1-4H2. The van der Waals surface area contributed by atoms with Gasteiger partial charge in [0, 0.05) is 0 Å². The Morgan fingerprint density at radius 2 is 1.36 bits per heavy atom. The molecule has 2 nitrogen and oxygen atoms in total. The number of rotatable bonds is 0. The number of carbonyl (C=O) groups is 2. The molecule has 0 N–H and O–H groups in total. The van der Waals surface area contributed by atoms with Crippen molar-refractivity contribution in [1.29, 1.82) is 0 Å². The van der Waals surface area contributed by atoms with Crippen LogP contribution in [0.15, 0.2) is 0 Å². The van der Waals surface area contributed by atoms with Crippen LogP contribution in [0.25, 0.3) is 0 Å². The summed E-state index contributed by atoms with van der Waals surface area (Å²) in [7, 11) is -1.94. The average Bonchev–Trinajstić information content (AvgIpc) is 2.34. The summed E-state index contributed by atoms with van der Waals surface area (Å²) in [5, 5.41) is 0. The molecule has 0 spiro atoms. The van der Waals surface area contributed by atoms with E-state index in [0.29, 0.717) is 11.5 Å². The number of hydrogen-bond donors (Lipinski definition) is 0. The second kappa shape index (κ2) is 3.33. The lowest BCUT2D eigenvalue weighted by atomic mass is 10.4. The normalized spacial score (nSPS) is 24.5. The largest absolute Gasteiger partial charge is 0.270 e. The van der Waals surface area contributed by atoms with Gasteiger partial charge < -0.3 is 0 Å². The summed E-state index contributed by atoms with van der Waals surface area (Å²) in [6.07, 6.45) is 1.79.